The van der Waals surface area contributed by atoms with Crippen molar-refractivity contribution in [3.63, 3.8) is 0 Å². The second-order valence-electron chi connectivity index (χ2n) is 6.64. The highest BCUT2D eigenvalue weighted by Gasteiger charge is 2.29. The second kappa shape index (κ2) is 8.13. The van der Waals surface area contributed by atoms with E-state index in [1.807, 2.05) is 17.0 Å². The van der Waals surface area contributed by atoms with Gasteiger partial charge in [-0.2, -0.15) is 0 Å². The number of pyridine rings is 1. The van der Waals surface area contributed by atoms with Crippen LogP contribution in [0.3, 0.4) is 0 Å². The van der Waals surface area contributed by atoms with Crippen LogP contribution in [0.1, 0.15) is 50.1 Å². The van der Waals surface area contributed by atoms with Gasteiger partial charge in [0.05, 0.1) is 6.04 Å². The van der Waals surface area contributed by atoms with Gasteiger partial charge >= 0.3 is 6.03 Å². The zero-order chi connectivity index (χ0) is 16.8. The Bertz CT molecular complexity index is 559. The molecule has 0 radical (unpaired) electrons. The van der Waals surface area contributed by atoms with E-state index in [9.17, 15) is 9.59 Å². The number of hydrogen-bond acceptors (Lipinski definition) is 3. The quantitative estimate of drug-likeness (QED) is 0.813. The van der Waals surface area contributed by atoms with Crippen molar-refractivity contribution in [3.05, 3.63) is 30.1 Å². The number of hydrogen-bond donors (Lipinski definition) is 2. The van der Waals surface area contributed by atoms with Gasteiger partial charge in [-0.1, -0.05) is 12.8 Å². The third-order valence-corrected chi connectivity index (χ3v) is 4.75. The Morgan fingerprint density at radius 1 is 1.04 bits per heavy atom. The molecule has 1 saturated carbocycles. The fourth-order valence-electron chi connectivity index (χ4n) is 3.23. The lowest BCUT2D eigenvalue weighted by atomic mass is 10.0. The van der Waals surface area contributed by atoms with Crippen LogP contribution in [0.2, 0.25) is 0 Å². The van der Waals surface area contributed by atoms with Crippen LogP contribution >= 0.6 is 0 Å². The van der Waals surface area contributed by atoms with Crippen LogP contribution in [0.15, 0.2) is 24.5 Å². The summed E-state index contributed by atoms with van der Waals surface area (Å²) >= 11 is 0. The summed E-state index contributed by atoms with van der Waals surface area (Å²) in [6.07, 6.45) is 9.87. The fraction of sp³-hybridized carbons (Fsp3) is 0.611. The predicted octanol–water partition coefficient (Wildman–Crippen LogP) is 2.23. The van der Waals surface area contributed by atoms with Gasteiger partial charge in [0.2, 0.25) is 5.91 Å². The van der Waals surface area contributed by atoms with E-state index in [-0.39, 0.29) is 23.9 Å². The summed E-state index contributed by atoms with van der Waals surface area (Å²) in [4.78, 5) is 30.2. The highest BCUT2D eigenvalue weighted by molar-refractivity contribution is 5.81. The second-order valence-corrected chi connectivity index (χ2v) is 6.64. The summed E-state index contributed by atoms with van der Waals surface area (Å²) in [5.41, 5.74) is 1.14. The molecule has 24 heavy (non-hydrogen) atoms. The first-order chi connectivity index (χ1) is 11.8. The minimum absolute atomic E-state index is 0.0422. The Morgan fingerprint density at radius 2 is 1.79 bits per heavy atom. The molecule has 130 valence electrons. The van der Waals surface area contributed by atoms with Gasteiger partial charge in [-0.15, -0.1) is 0 Å². The summed E-state index contributed by atoms with van der Waals surface area (Å²) in [6, 6.07) is 4.05. The number of carbonyl (C=O) groups is 2. The lowest BCUT2D eigenvalue weighted by Gasteiger charge is -2.30. The van der Waals surface area contributed by atoms with Gasteiger partial charge in [0.25, 0.3) is 0 Å². The Hall–Kier alpha value is -2.11. The fourth-order valence-corrected chi connectivity index (χ4v) is 3.23. The number of nitrogens with one attached hydrogen (secondary N) is 2. The van der Waals surface area contributed by atoms with Crippen molar-refractivity contribution in [2.45, 2.75) is 44.6 Å². The van der Waals surface area contributed by atoms with Gasteiger partial charge in [-0.25, -0.2) is 4.79 Å². The van der Waals surface area contributed by atoms with Gasteiger partial charge in [0.15, 0.2) is 0 Å². The third-order valence-electron chi connectivity index (χ3n) is 4.75. The number of aromatic nitrogens is 1. The maximum absolute atomic E-state index is 12.6. The molecule has 2 fully saturated rings. The minimum Gasteiger partial charge on any atom is -0.354 e. The monoisotopic (exact) mass is 330 g/mol. The number of amides is 3. The molecule has 0 unspecified atom stereocenters. The van der Waals surface area contributed by atoms with E-state index in [4.69, 9.17) is 0 Å². The summed E-state index contributed by atoms with van der Waals surface area (Å²) in [5.74, 6) is 0.330. The SMILES string of the molecule is O=C(NCCNC(=O)N1CCCCC[C@@H]1c1ccncc1)C1CC1. The zero-order valence-electron chi connectivity index (χ0n) is 14.0. The molecule has 1 aromatic heterocycles. The summed E-state index contributed by atoms with van der Waals surface area (Å²) in [5, 5.41) is 5.83. The summed E-state index contributed by atoms with van der Waals surface area (Å²) in [7, 11) is 0. The molecule has 2 aliphatic rings. The Labute approximate surface area is 143 Å². The maximum atomic E-state index is 12.6. The van der Waals surface area contributed by atoms with E-state index in [1.165, 1.54) is 0 Å². The maximum Gasteiger partial charge on any atom is 0.317 e. The Kier molecular flexibility index (Phi) is 5.67. The van der Waals surface area contributed by atoms with Gasteiger partial charge in [0, 0.05) is 37.9 Å². The van der Waals surface area contributed by atoms with E-state index in [1.54, 1.807) is 12.4 Å². The van der Waals surface area contributed by atoms with Crippen LogP contribution in [-0.2, 0) is 4.79 Å². The number of nitrogens with zero attached hydrogens (tertiary/aromatic N) is 2. The first-order valence-electron chi connectivity index (χ1n) is 8.98. The van der Waals surface area contributed by atoms with Crippen molar-refractivity contribution in [2.75, 3.05) is 19.6 Å². The predicted molar refractivity (Wildman–Crippen MR) is 91.3 cm³/mol. The van der Waals surface area contributed by atoms with Crippen LogP contribution < -0.4 is 10.6 Å². The smallest absolute Gasteiger partial charge is 0.317 e. The highest BCUT2D eigenvalue weighted by atomic mass is 16.2. The zero-order valence-corrected chi connectivity index (χ0v) is 14.0. The molecule has 2 N–H and O–H groups in total. The molecule has 6 nitrogen and oxygen atoms in total. The first-order valence-corrected chi connectivity index (χ1v) is 8.98. The molecule has 1 aliphatic heterocycles. The topological polar surface area (TPSA) is 74.3 Å². The van der Waals surface area contributed by atoms with Gasteiger partial charge in [0.1, 0.15) is 0 Å². The number of carbonyl (C=O) groups excluding carboxylic acids is 2. The Balaban J connectivity index is 1.52. The van der Waals surface area contributed by atoms with Crippen molar-refractivity contribution in [3.8, 4) is 0 Å². The highest BCUT2D eigenvalue weighted by Crippen LogP contribution is 2.30. The number of rotatable bonds is 5. The van der Waals surface area contributed by atoms with Crippen molar-refractivity contribution < 1.29 is 9.59 Å². The first kappa shape index (κ1) is 16.7. The molecule has 3 rings (SSSR count). The van der Waals surface area contributed by atoms with E-state index in [0.29, 0.717) is 13.1 Å². The molecule has 1 saturated heterocycles. The van der Waals surface area contributed by atoms with E-state index in [2.05, 4.69) is 15.6 Å². The normalized spacial score (nSPS) is 21.0. The van der Waals surface area contributed by atoms with Crippen LogP contribution in [-0.4, -0.2) is 41.5 Å². The molecule has 1 aromatic rings. The summed E-state index contributed by atoms with van der Waals surface area (Å²) < 4.78 is 0. The molecule has 2 heterocycles. The largest absolute Gasteiger partial charge is 0.354 e. The lowest BCUT2D eigenvalue weighted by Crippen LogP contribution is -2.44. The van der Waals surface area contributed by atoms with E-state index < -0.39 is 0 Å². The molecule has 0 spiro atoms. The standard InChI is InChI=1S/C18H26N4O2/c23-17(15-5-6-15)20-11-12-21-18(24)22-13-3-1-2-4-16(22)14-7-9-19-10-8-14/h7-10,15-16H,1-6,11-13H2,(H,20,23)(H,21,24)/t16-/m1/s1. The van der Waals surface area contributed by atoms with E-state index >= 15 is 0 Å². The molecule has 0 aromatic carbocycles. The number of likely N-dealkylation sites (tertiary alicyclic amines) is 1. The van der Waals surface area contributed by atoms with Crippen LogP contribution in [0.4, 0.5) is 4.79 Å². The molecule has 1 aliphatic carbocycles. The Morgan fingerprint density at radius 3 is 2.54 bits per heavy atom. The molecular formula is C18H26N4O2. The van der Waals surface area contributed by atoms with Crippen LogP contribution in [0, 0.1) is 5.92 Å². The van der Waals surface area contributed by atoms with Gasteiger partial charge < -0.3 is 15.5 Å². The average Bonchev–Trinajstić information content (AvgIpc) is 3.45. The molecule has 0 bridgehead atoms. The minimum atomic E-state index is -0.0422. The third kappa shape index (κ3) is 4.46. The van der Waals surface area contributed by atoms with Gasteiger partial charge in [-0.3, -0.25) is 9.78 Å². The molecular weight excluding hydrogens is 304 g/mol. The lowest BCUT2D eigenvalue weighted by molar-refractivity contribution is -0.122. The summed E-state index contributed by atoms with van der Waals surface area (Å²) in [6.45, 7) is 1.74. The number of urea groups is 1. The van der Waals surface area contributed by atoms with Crippen molar-refractivity contribution in [2.24, 2.45) is 5.92 Å². The van der Waals surface area contributed by atoms with E-state index in [0.717, 1.165) is 50.6 Å². The van der Waals surface area contributed by atoms with Gasteiger partial charge in [-0.05, 0) is 43.4 Å². The van der Waals surface area contributed by atoms with Crippen molar-refractivity contribution >= 4 is 11.9 Å². The van der Waals surface area contributed by atoms with Crippen LogP contribution in [0.5, 0.6) is 0 Å². The van der Waals surface area contributed by atoms with Crippen LogP contribution in [0.25, 0.3) is 0 Å². The average molecular weight is 330 g/mol. The van der Waals surface area contributed by atoms with Crippen molar-refractivity contribution in [1.82, 2.24) is 20.5 Å². The molecule has 1 atom stereocenters. The molecule has 6 heteroatoms. The molecule has 3 amide bonds. The van der Waals surface area contributed by atoms with Crippen molar-refractivity contribution in [1.29, 1.82) is 0 Å².